The zero-order valence-electron chi connectivity index (χ0n) is 15.3. The summed E-state index contributed by atoms with van der Waals surface area (Å²) in [7, 11) is -0.700. The first-order valence-corrected chi connectivity index (χ1v) is 10.0. The van der Waals surface area contributed by atoms with Crippen LogP contribution < -0.4 is 14.3 Å². The van der Waals surface area contributed by atoms with E-state index >= 15 is 0 Å². The molecule has 0 fully saturated rings. The highest BCUT2D eigenvalue weighted by Crippen LogP contribution is 2.35. The third kappa shape index (κ3) is 4.37. The molecule has 140 valence electrons. The van der Waals surface area contributed by atoms with Crippen molar-refractivity contribution < 1.29 is 17.9 Å². The second-order valence-corrected chi connectivity index (χ2v) is 8.27. The molecule has 0 saturated heterocycles. The number of nitrogens with one attached hydrogen (secondary N) is 1. The smallest absolute Gasteiger partial charge is 0.277 e. The molecule has 0 radical (unpaired) electrons. The number of ether oxygens (including phenoxy) is 2. The molecule has 2 rings (SSSR count). The van der Waals surface area contributed by atoms with Gasteiger partial charge in [0, 0.05) is 0 Å². The number of sulfonamides is 1. The summed E-state index contributed by atoms with van der Waals surface area (Å²) in [6, 6.07) is 7.11. The van der Waals surface area contributed by atoms with Crippen LogP contribution in [-0.4, -0.2) is 28.9 Å². The Kier molecular flexibility index (Phi) is 6.30. The maximum atomic E-state index is 12.6. The van der Waals surface area contributed by atoms with Crippen LogP contribution in [0.3, 0.4) is 0 Å². The largest absolute Gasteiger partial charge is 0.493 e. The molecule has 0 aliphatic rings. The van der Waals surface area contributed by atoms with Crippen molar-refractivity contribution in [2.24, 2.45) is 5.10 Å². The number of hydrogen-bond acceptors (Lipinski definition) is 5. The molecular formula is C18H21BrN2O4S. The maximum absolute atomic E-state index is 12.6. The Morgan fingerprint density at radius 2 is 1.65 bits per heavy atom. The summed E-state index contributed by atoms with van der Waals surface area (Å²) in [6.45, 7) is 5.46. The van der Waals surface area contributed by atoms with Crippen molar-refractivity contribution in [2.75, 3.05) is 14.2 Å². The molecule has 0 bridgehead atoms. The molecule has 0 amide bonds. The zero-order valence-corrected chi connectivity index (χ0v) is 17.7. The maximum Gasteiger partial charge on any atom is 0.277 e. The van der Waals surface area contributed by atoms with Crippen LogP contribution in [0.2, 0.25) is 0 Å². The van der Waals surface area contributed by atoms with Crippen molar-refractivity contribution in [3.63, 3.8) is 0 Å². The van der Waals surface area contributed by atoms with E-state index in [0.717, 1.165) is 5.56 Å². The molecule has 8 heteroatoms. The fraction of sp³-hybridized carbons (Fsp3) is 0.278. The molecule has 0 aliphatic carbocycles. The van der Waals surface area contributed by atoms with Crippen molar-refractivity contribution in [3.8, 4) is 11.5 Å². The second-order valence-electron chi connectivity index (χ2n) is 5.82. The van der Waals surface area contributed by atoms with E-state index in [-0.39, 0.29) is 4.90 Å². The molecule has 0 unspecified atom stereocenters. The van der Waals surface area contributed by atoms with Crippen LogP contribution in [0.4, 0.5) is 0 Å². The standard InChI is InChI=1S/C18H21BrN2O4S/c1-11-6-12(2)18(13(3)7-11)26(22,23)21-20-10-14-8-15(19)17(25-5)16(9-14)24-4/h6-10,21H,1-5H3/b20-10+. The van der Waals surface area contributed by atoms with Gasteiger partial charge in [-0.2, -0.15) is 13.5 Å². The summed E-state index contributed by atoms with van der Waals surface area (Å²) in [5.41, 5.74) is 3.02. The van der Waals surface area contributed by atoms with Gasteiger partial charge in [-0.1, -0.05) is 17.7 Å². The van der Waals surface area contributed by atoms with Crippen molar-refractivity contribution >= 4 is 32.2 Å². The van der Waals surface area contributed by atoms with E-state index in [9.17, 15) is 8.42 Å². The molecule has 26 heavy (non-hydrogen) atoms. The van der Waals surface area contributed by atoms with Gasteiger partial charge >= 0.3 is 0 Å². The van der Waals surface area contributed by atoms with E-state index in [1.54, 1.807) is 26.0 Å². The van der Waals surface area contributed by atoms with Gasteiger partial charge < -0.3 is 9.47 Å². The second kappa shape index (κ2) is 8.09. The predicted molar refractivity (Wildman–Crippen MR) is 106 cm³/mol. The van der Waals surface area contributed by atoms with Crippen LogP contribution in [0.5, 0.6) is 11.5 Å². The number of benzene rings is 2. The normalized spacial score (nSPS) is 11.6. The molecule has 2 aromatic carbocycles. The van der Waals surface area contributed by atoms with E-state index in [1.165, 1.54) is 20.4 Å². The van der Waals surface area contributed by atoms with Gasteiger partial charge in [0.05, 0.1) is 29.8 Å². The number of aryl methyl sites for hydroxylation is 3. The van der Waals surface area contributed by atoms with Crippen LogP contribution in [-0.2, 0) is 10.0 Å². The third-order valence-corrected chi connectivity index (χ3v) is 5.83. The van der Waals surface area contributed by atoms with E-state index in [2.05, 4.69) is 25.9 Å². The number of nitrogens with zero attached hydrogens (tertiary/aromatic N) is 1. The van der Waals surface area contributed by atoms with Crippen LogP contribution in [0.25, 0.3) is 0 Å². The fourth-order valence-corrected chi connectivity index (χ4v) is 4.69. The first-order chi connectivity index (χ1) is 12.2. The highest BCUT2D eigenvalue weighted by molar-refractivity contribution is 9.10. The molecule has 0 spiro atoms. The molecule has 6 nitrogen and oxygen atoms in total. The summed E-state index contributed by atoms with van der Waals surface area (Å²) in [5.74, 6) is 1.06. The van der Waals surface area contributed by atoms with Gasteiger partial charge in [-0.15, -0.1) is 0 Å². The highest BCUT2D eigenvalue weighted by atomic mass is 79.9. The van der Waals surface area contributed by atoms with E-state index in [1.807, 2.05) is 19.1 Å². The lowest BCUT2D eigenvalue weighted by Gasteiger charge is -2.12. The Balaban J connectivity index is 2.29. The van der Waals surface area contributed by atoms with Crippen molar-refractivity contribution in [3.05, 3.63) is 51.0 Å². The average Bonchev–Trinajstić information content (AvgIpc) is 2.52. The number of hydrogen-bond donors (Lipinski definition) is 1. The Bertz CT molecular complexity index is 933. The Morgan fingerprint density at radius 3 is 2.19 bits per heavy atom. The number of methoxy groups -OCH3 is 2. The van der Waals surface area contributed by atoms with Crippen LogP contribution in [0.15, 0.2) is 38.7 Å². The van der Waals surface area contributed by atoms with Crippen LogP contribution in [0.1, 0.15) is 22.3 Å². The summed E-state index contributed by atoms with van der Waals surface area (Å²) >= 11 is 3.39. The van der Waals surface area contributed by atoms with Crippen molar-refractivity contribution in [1.82, 2.24) is 4.83 Å². The topological polar surface area (TPSA) is 77.0 Å². The lowest BCUT2D eigenvalue weighted by Crippen LogP contribution is -2.20. The molecule has 1 N–H and O–H groups in total. The first kappa shape index (κ1) is 20.3. The Morgan fingerprint density at radius 1 is 1.04 bits per heavy atom. The summed E-state index contributed by atoms with van der Waals surface area (Å²) in [4.78, 5) is 2.51. The quantitative estimate of drug-likeness (QED) is 0.548. The molecule has 0 saturated carbocycles. The molecule has 0 atom stereocenters. The molecule has 0 aliphatic heterocycles. The van der Waals surface area contributed by atoms with Gasteiger partial charge in [0.1, 0.15) is 0 Å². The SMILES string of the molecule is COc1cc(/C=N/NS(=O)(=O)c2c(C)cc(C)cc2C)cc(Br)c1OC. The highest BCUT2D eigenvalue weighted by Gasteiger charge is 2.19. The lowest BCUT2D eigenvalue weighted by molar-refractivity contribution is 0.353. The minimum atomic E-state index is -3.76. The van der Waals surface area contributed by atoms with Crippen molar-refractivity contribution in [2.45, 2.75) is 25.7 Å². The number of rotatable bonds is 6. The monoisotopic (exact) mass is 440 g/mol. The van der Waals surface area contributed by atoms with Gasteiger partial charge in [-0.3, -0.25) is 0 Å². The van der Waals surface area contributed by atoms with Gasteiger partial charge in [0.2, 0.25) is 0 Å². The molecular weight excluding hydrogens is 420 g/mol. The van der Waals surface area contributed by atoms with Gasteiger partial charge in [0.15, 0.2) is 11.5 Å². The van der Waals surface area contributed by atoms with E-state index < -0.39 is 10.0 Å². The minimum absolute atomic E-state index is 0.244. The first-order valence-electron chi connectivity index (χ1n) is 7.74. The van der Waals surface area contributed by atoms with Gasteiger partial charge in [-0.25, -0.2) is 4.83 Å². The van der Waals surface area contributed by atoms with Crippen LogP contribution >= 0.6 is 15.9 Å². The van der Waals surface area contributed by atoms with Gasteiger partial charge in [0.25, 0.3) is 10.0 Å². The predicted octanol–water partition coefficient (Wildman–Crippen LogP) is 3.70. The molecule has 0 heterocycles. The van der Waals surface area contributed by atoms with E-state index in [0.29, 0.717) is 32.7 Å². The average molecular weight is 441 g/mol. The zero-order chi connectivity index (χ0) is 19.5. The van der Waals surface area contributed by atoms with Crippen molar-refractivity contribution in [1.29, 1.82) is 0 Å². The number of hydrazone groups is 1. The van der Waals surface area contributed by atoms with Crippen LogP contribution in [0, 0.1) is 20.8 Å². The Labute approximate surface area is 162 Å². The Hall–Kier alpha value is -2.06. The van der Waals surface area contributed by atoms with Gasteiger partial charge in [-0.05, 0) is 65.5 Å². The molecule has 2 aromatic rings. The minimum Gasteiger partial charge on any atom is -0.493 e. The molecule has 0 aromatic heterocycles. The third-order valence-electron chi connectivity index (χ3n) is 3.72. The fourth-order valence-electron chi connectivity index (χ4n) is 2.82. The summed E-state index contributed by atoms with van der Waals surface area (Å²) < 4.78 is 36.4. The van der Waals surface area contributed by atoms with E-state index in [4.69, 9.17) is 9.47 Å². The summed E-state index contributed by atoms with van der Waals surface area (Å²) in [5, 5.41) is 3.89. The number of halogens is 1. The summed E-state index contributed by atoms with van der Waals surface area (Å²) in [6.07, 6.45) is 1.41. The lowest BCUT2D eigenvalue weighted by atomic mass is 10.1.